The van der Waals surface area contributed by atoms with Crippen LogP contribution in [0.4, 0.5) is 5.69 Å². The molecule has 0 bridgehead atoms. The van der Waals surface area contributed by atoms with E-state index in [-0.39, 0.29) is 5.91 Å². The van der Waals surface area contributed by atoms with Crippen LogP contribution >= 0.6 is 30.1 Å². The van der Waals surface area contributed by atoms with Crippen molar-refractivity contribution in [3.63, 3.8) is 0 Å². The first-order valence-electron chi connectivity index (χ1n) is 4.01. The molecule has 1 N–H and O–H groups in total. The normalized spacial score (nSPS) is 12.8. The standard InChI is InChI=1S/C10H6INOS/c11-14-4-3-7-1-2-9-8(5-7)6-10(13)12-9/h1-2,5H,6H2,(H,12,13). The van der Waals surface area contributed by atoms with Gasteiger partial charge < -0.3 is 5.32 Å². The predicted molar refractivity (Wildman–Crippen MR) is 67.3 cm³/mol. The van der Waals surface area contributed by atoms with Crippen molar-refractivity contribution < 1.29 is 4.79 Å². The van der Waals surface area contributed by atoms with Crippen LogP contribution in [0, 0.1) is 11.2 Å². The summed E-state index contributed by atoms with van der Waals surface area (Å²) in [6.45, 7) is 0. The first-order valence-corrected chi connectivity index (χ1v) is 7.37. The number of nitrogens with one attached hydrogen (secondary N) is 1. The maximum Gasteiger partial charge on any atom is 0.228 e. The fourth-order valence-electron chi connectivity index (χ4n) is 1.39. The van der Waals surface area contributed by atoms with Gasteiger partial charge in [0.25, 0.3) is 0 Å². The maximum absolute atomic E-state index is 11.1. The molecule has 2 nitrogen and oxygen atoms in total. The van der Waals surface area contributed by atoms with Gasteiger partial charge >= 0.3 is 0 Å². The molecule has 1 aromatic carbocycles. The molecule has 4 heteroatoms. The monoisotopic (exact) mass is 315 g/mol. The molecule has 0 unspecified atom stereocenters. The van der Waals surface area contributed by atoms with E-state index in [0.29, 0.717) is 6.42 Å². The number of hydrogen-bond donors (Lipinski definition) is 1. The van der Waals surface area contributed by atoms with Crippen molar-refractivity contribution in [1.82, 2.24) is 0 Å². The molecule has 1 aromatic rings. The van der Waals surface area contributed by atoms with Crippen molar-refractivity contribution in [3.05, 3.63) is 29.3 Å². The molecule has 0 atom stereocenters. The van der Waals surface area contributed by atoms with Gasteiger partial charge in [0.1, 0.15) is 0 Å². The van der Waals surface area contributed by atoms with Gasteiger partial charge in [-0.1, -0.05) is 5.92 Å². The molecule has 0 spiro atoms. The lowest BCUT2D eigenvalue weighted by molar-refractivity contribution is -0.115. The van der Waals surface area contributed by atoms with Crippen LogP contribution in [0.1, 0.15) is 11.1 Å². The van der Waals surface area contributed by atoms with Gasteiger partial charge in [-0.3, -0.25) is 4.79 Å². The van der Waals surface area contributed by atoms with E-state index in [9.17, 15) is 4.79 Å². The third-order valence-corrected chi connectivity index (χ3v) is 2.80. The van der Waals surface area contributed by atoms with Crippen molar-refractivity contribution in [2.24, 2.45) is 0 Å². The summed E-state index contributed by atoms with van der Waals surface area (Å²) in [5.74, 6) is 3.07. The third-order valence-electron chi connectivity index (χ3n) is 1.96. The quantitative estimate of drug-likeness (QED) is 0.589. The summed E-state index contributed by atoms with van der Waals surface area (Å²) in [7, 11) is 1.46. The largest absolute Gasteiger partial charge is 0.326 e. The summed E-state index contributed by atoms with van der Waals surface area (Å²) < 4.78 is 0. The van der Waals surface area contributed by atoms with E-state index in [1.54, 1.807) is 0 Å². The Kier molecular flexibility index (Phi) is 2.99. The zero-order chi connectivity index (χ0) is 9.97. The fraction of sp³-hybridized carbons (Fsp3) is 0.100. The molecule has 0 radical (unpaired) electrons. The highest BCUT2D eigenvalue weighted by Gasteiger charge is 2.16. The Bertz CT molecular complexity index is 447. The number of rotatable bonds is 0. The molecule has 1 heterocycles. The van der Waals surface area contributed by atoms with Crippen LogP contribution in [-0.4, -0.2) is 5.91 Å². The highest BCUT2D eigenvalue weighted by Crippen LogP contribution is 2.23. The molecular formula is C10H6INOS. The molecule has 0 aliphatic carbocycles. The Labute approximate surface area is 98.4 Å². The average Bonchev–Trinajstić information content (AvgIpc) is 2.54. The first-order chi connectivity index (χ1) is 6.79. The van der Waals surface area contributed by atoms with Crippen LogP contribution in [-0.2, 0) is 11.2 Å². The lowest BCUT2D eigenvalue weighted by atomic mass is 10.1. The number of carbonyl (C=O) groups excluding carboxylic acids is 1. The zero-order valence-corrected chi connectivity index (χ0v) is 10.1. The fourth-order valence-corrected chi connectivity index (χ4v) is 1.87. The zero-order valence-electron chi connectivity index (χ0n) is 7.13. The molecule has 0 fully saturated rings. The van der Waals surface area contributed by atoms with E-state index in [0.717, 1.165) is 16.8 Å². The highest BCUT2D eigenvalue weighted by molar-refractivity contribution is 14.2. The van der Waals surface area contributed by atoms with E-state index in [1.807, 2.05) is 18.2 Å². The van der Waals surface area contributed by atoms with E-state index in [4.69, 9.17) is 0 Å². The number of amides is 1. The van der Waals surface area contributed by atoms with Gasteiger partial charge in [0.2, 0.25) is 5.91 Å². The lowest BCUT2D eigenvalue weighted by Gasteiger charge is -1.97. The van der Waals surface area contributed by atoms with Gasteiger partial charge in [-0.05, 0) is 37.9 Å². The molecule has 1 aliphatic rings. The van der Waals surface area contributed by atoms with Crippen molar-refractivity contribution in [1.29, 1.82) is 0 Å². The summed E-state index contributed by atoms with van der Waals surface area (Å²) in [4.78, 5) is 11.1. The van der Waals surface area contributed by atoms with Crippen LogP contribution in [0.2, 0.25) is 0 Å². The van der Waals surface area contributed by atoms with Gasteiger partial charge in [-0.2, -0.15) is 0 Å². The second-order valence-corrected chi connectivity index (χ2v) is 4.58. The molecule has 0 saturated heterocycles. The minimum absolute atomic E-state index is 0.0633. The van der Waals surface area contributed by atoms with Crippen molar-refractivity contribution >= 4 is 41.7 Å². The predicted octanol–water partition coefficient (Wildman–Crippen LogP) is 2.57. The Morgan fingerprint density at radius 2 is 2.36 bits per heavy atom. The molecule has 14 heavy (non-hydrogen) atoms. The minimum Gasteiger partial charge on any atom is -0.326 e. The second-order valence-electron chi connectivity index (χ2n) is 2.90. The van der Waals surface area contributed by atoms with E-state index >= 15 is 0 Å². The highest BCUT2D eigenvalue weighted by atomic mass is 127. The summed E-state index contributed by atoms with van der Waals surface area (Å²) in [6, 6.07) is 5.79. The summed E-state index contributed by atoms with van der Waals surface area (Å²) in [6.07, 6.45) is 0.474. The maximum atomic E-state index is 11.1. The van der Waals surface area contributed by atoms with Crippen LogP contribution in [0.25, 0.3) is 0 Å². The van der Waals surface area contributed by atoms with E-state index in [1.165, 1.54) is 8.93 Å². The van der Waals surface area contributed by atoms with Crippen molar-refractivity contribution in [2.75, 3.05) is 5.32 Å². The number of anilines is 1. The molecule has 1 aliphatic heterocycles. The molecule has 70 valence electrons. The van der Waals surface area contributed by atoms with Crippen LogP contribution in [0.15, 0.2) is 18.2 Å². The van der Waals surface area contributed by atoms with E-state index < -0.39 is 0 Å². The summed E-state index contributed by atoms with van der Waals surface area (Å²) in [5.41, 5.74) is 2.92. The lowest BCUT2D eigenvalue weighted by Crippen LogP contribution is -2.03. The average molecular weight is 315 g/mol. The summed E-state index contributed by atoms with van der Waals surface area (Å²) in [5, 5.41) is 5.70. The topological polar surface area (TPSA) is 29.1 Å². The molecule has 2 rings (SSSR count). The van der Waals surface area contributed by atoms with Crippen molar-refractivity contribution in [2.45, 2.75) is 6.42 Å². The van der Waals surface area contributed by atoms with Gasteiger partial charge in [0, 0.05) is 32.5 Å². The number of benzene rings is 1. The van der Waals surface area contributed by atoms with Crippen molar-refractivity contribution in [3.8, 4) is 11.2 Å². The second kappa shape index (κ2) is 4.24. The molecule has 0 saturated carbocycles. The number of fused-ring (bicyclic) bond motifs is 1. The van der Waals surface area contributed by atoms with Crippen LogP contribution in [0.5, 0.6) is 0 Å². The Morgan fingerprint density at radius 3 is 3.14 bits per heavy atom. The molecule has 1 amide bonds. The van der Waals surface area contributed by atoms with Crippen LogP contribution in [0.3, 0.4) is 0 Å². The van der Waals surface area contributed by atoms with Gasteiger partial charge in [0.15, 0.2) is 0 Å². The smallest absolute Gasteiger partial charge is 0.228 e. The number of hydrogen-bond acceptors (Lipinski definition) is 2. The summed E-state index contributed by atoms with van der Waals surface area (Å²) >= 11 is 2.13. The first kappa shape index (κ1) is 9.87. The SMILES string of the molecule is O=C1Cc2cc(C#CSI)ccc2N1. The Balaban J connectivity index is 2.33. The number of halogens is 1. The molecule has 0 aromatic heterocycles. The van der Waals surface area contributed by atoms with Crippen LogP contribution < -0.4 is 5.32 Å². The Hall–Kier alpha value is -0.670. The minimum atomic E-state index is 0.0633. The molecular weight excluding hydrogens is 309 g/mol. The van der Waals surface area contributed by atoms with E-state index in [2.05, 4.69) is 37.7 Å². The number of carbonyl (C=O) groups is 1. The third kappa shape index (κ3) is 2.04. The van der Waals surface area contributed by atoms with Gasteiger partial charge in [-0.25, -0.2) is 0 Å². The van der Waals surface area contributed by atoms with Gasteiger partial charge in [0.05, 0.1) is 6.42 Å². The van der Waals surface area contributed by atoms with Gasteiger partial charge in [-0.15, -0.1) is 0 Å². The Morgan fingerprint density at radius 1 is 1.50 bits per heavy atom.